The predicted molar refractivity (Wildman–Crippen MR) is 140 cm³/mol. The lowest BCUT2D eigenvalue weighted by molar-refractivity contribution is -0.141. The van der Waals surface area contributed by atoms with Crippen LogP contribution in [0.15, 0.2) is 52.9 Å². The number of anilines is 1. The number of nitrogens with zero attached hydrogens (tertiary/aromatic N) is 2. The maximum atomic E-state index is 13.3. The molecule has 0 bridgehead atoms. The Bertz CT molecular complexity index is 1620. The lowest BCUT2D eigenvalue weighted by atomic mass is 10.1. The molecule has 0 saturated carbocycles. The number of para-hydroxylation sites is 2. The highest BCUT2D eigenvalue weighted by atomic mass is 19.4. The summed E-state index contributed by atoms with van der Waals surface area (Å²) in [6.45, 7) is -0.263. The molecule has 4 N–H and O–H groups in total. The standard InChI is InChI=1S/C27H24F5N5O5/c1-12(33)22-21(24(39)34-13(2)23(38)35-16-6-4-5-7-17(16)41-26(28)29)37-25(42-22)15-8-10-18(40-3)20-14(15)9-11-19(36-20)27(30,31)32/h4-13,26H,33H2,1-3H3,(H,34,39)(H,35,38)/t12-,13+/m0/s1. The minimum absolute atomic E-state index is 0.0439. The number of aromatic nitrogens is 2. The van der Waals surface area contributed by atoms with Crippen LogP contribution in [-0.2, 0) is 11.0 Å². The number of halogens is 5. The molecule has 2 aromatic carbocycles. The minimum atomic E-state index is -4.70. The summed E-state index contributed by atoms with van der Waals surface area (Å²) in [6.07, 6.45) is -4.70. The summed E-state index contributed by atoms with van der Waals surface area (Å²) in [7, 11) is 1.28. The third-order valence-corrected chi connectivity index (χ3v) is 5.94. The number of methoxy groups -OCH3 is 1. The molecule has 2 heterocycles. The minimum Gasteiger partial charge on any atom is -0.494 e. The molecule has 4 aromatic rings. The van der Waals surface area contributed by atoms with E-state index in [4.69, 9.17) is 14.9 Å². The fourth-order valence-corrected chi connectivity index (χ4v) is 3.96. The molecule has 10 nitrogen and oxygen atoms in total. The second-order valence-corrected chi connectivity index (χ2v) is 8.99. The van der Waals surface area contributed by atoms with Crippen molar-refractivity contribution in [3.05, 3.63) is 65.7 Å². The van der Waals surface area contributed by atoms with Gasteiger partial charge in [0.2, 0.25) is 11.8 Å². The third-order valence-electron chi connectivity index (χ3n) is 5.94. The predicted octanol–water partition coefficient (Wildman–Crippen LogP) is 5.30. The SMILES string of the molecule is COc1ccc(-c2nc(C(=O)N[C@H](C)C(=O)Nc3ccccc3OC(F)F)c([C@H](C)N)o2)c2ccc(C(F)(F)F)nc12. The van der Waals surface area contributed by atoms with E-state index in [2.05, 4.69) is 25.3 Å². The van der Waals surface area contributed by atoms with E-state index < -0.39 is 42.4 Å². The van der Waals surface area contributed by atoms with Crippen LogP contribution < -0.4 is 25.8 Å². The molecule has 2 amide bonds. The molecule has 42 heavy (non-hydrogen) atoms. The third kappa shape index (κ3) is 6.40. The van der Waals surface area contributed by atoms with E-state index in [-0.39, 0.29) is 51.0 Å². The van der Waals surface area contributed by atoms with Crippen molar-refractivity contribution in [2.24, 2.45) is 5.73 Å². The maximum Gasteiger partial charge on any atom is 0.433 e. The maximum absolute atomic E-state index is 13.3. The van der Waals surface area contributed by atoms with Gasteiger partial charge in [-0.15, -0.1) is 0 Å². The molecule has 0 spiro atoms. The molecular weight excluding hydrogens is 569 g/mol. The monoisotopic (exact) mass is 593 g/mol. The summed E-state index contributed by atoms with van der Waals surface area (Å²) < 4.78 is 80.7. The van der Waals surface area contributed by atoms with Crippen LogP contribution in [0.1, 0.15) is 41.8 Å². The second-order valence-electron chi connectivity index (χ2n) is 8.99. The molecule has 2 atom stereocenters. The fraction of sp³-hybridized carbons (Fsp3) is 0.259. The van der Waals surface area contributed by atoms with Crippen molar-refractivity contribution in [1.29, 1.82) is 0 Å². The molecule has 0 aliphatic rings. The van der Waals surface area contributed by atoms with Gasteiger partial charge >= 0.3 is 12.8 Å². The molecule has 0 saturated heterocycles. The lowest BCUT2D eigenvalue weighted by Gasteiger charge is -2.16. The Morgan fingerprint density at radius 2 is 1.71 bits per heavy atom. The Morgan fingerprint density at radius 1 is 1.00 bits per heavy atom. The van der Waals surface area contributed by atoms with E-state index >= 15 is 0 Å². The van der Waals surface area contributed by atoms with Crippen LogP contribution in [0.2, 0.25) is 0 Å². The second kappa shape index (κ2) is 12.0. The lowest BCUT2D eigenvalue weighted by Crippen LogP contribution is -2.42. The number of hydrogen-bond donors (Lipinski definition) is 3. The van der Waals surface area contributed by atoms with Gasteiger partial charge in [-0.05, 0) is 50.2 Å². The average molecular weight is 594 g/mol. The topological polar surface area (TPSA) is 142 Å². The summed E-state index contributed by atoms with van der Waals surface area (Å²) in [6, 6.07) is 8.29. The van der Waals surface area contributed by atoms with E-state index in [0.29, 0.717) is 0 Å². The number of alkyl halides is 5. The van der Waals surface area contributed by atoms with Gasteiger partial charge in [0, 0.05) is 10.9 Å². The van der Waals surface area contributed by atoms with Gasteiger partial charge < -0.3 is 30.3 Å². The van der Waals surface area contributed by atoms with Crippen molar-refractivity contribution < 1.29 is 45.4 Å². The molecule has 2 aromatic heterocycles. The number of pyridine rings is 1. The zero-order valence-corrected chi connectivity index (χ0v) is 22.3. The zero-order valence-electron chi connectivity index (χ0n) is 22.3. The van der Waals surface area contributed by atoms with Crippen molar-refractivity contribution in [2.45, 2.75) is 38.7 Å². The van der Waals surface area contributed by atoms with Crippen molar-refractivity contribution in [3.63, 3.8) is 0 Å². The number of carbonyl (C=O) groups excluding carboxylic acids is 2. The summed E-state index contributed by atoms with van der Waals surface area (Å²) >= 11 is 0. The number of benzene rings is 2. The smallest absolute Gasteiger partial charge is 0.433 e. The van der Waals surface area contributed by atoms with Gasteiger partial charge in [0.15, 0.2) is 11.5 Å². The van der Waals surface area contributed by atoms with E-state index in [1.807, 2.05) is 0 Å². The highest BCUT2D eigenvalue weighted by Gasteiger charge is 2.33. The number of fused-ring (bicyclic) bond motifs is 1. The first-order chi connectivity index (χ1) is 19.8. The quantitative estimate of drug-likeness (QED) is 0.222. The molecule has 0 aliphatic heterocycles. The van der Waals surface area contributed by atoms with Crippen molar-refractivity contribution in [3.8, 4) is 23.0 Å². The number of nitrogens with one attached hydrogen (secondary N) is 2. The average Bonchev–Trinajstić information content (AvgIpc) is 3.38. The Morgan fingerprint density at radius 3 is 2.36 bits per heavy atom. The largest absolute Gasteiger partial charge is 0.494 e. The molecule has 0 unspecified atom stereocenters. The molecular formula is C27H24F5N5O5. The van der Waals surface area contributed by atoms with Gasteiger partial charge in [-0.3, -0.25) is 9.59 Å². The Labute approximate surface area is 235 Å². The molecule has 4 rings (SSSR count). The van der Waals surface area contributed by atoms with Gasteiger partial charge in [0.25, 0.3) is 5.91 Å². The van der Waals surface area contributed by atoms with Gasteiger partial charge in [-0.2, -0.15) is 22.0 Å². The van der Waals surface area contributed by atoms with Crippen LogP contribution >= 0.6 is 0 Å². The summed E-state index contributed by atoms with van der Waals surface area (Å²) in [5, 5.41) is 5.05. The summed E-state index contributed by atoms with van der Waals surface area (Å²) in [4.78, 5) is 33.8. The molecule has 0 radical (unpaired) electrons. The van der Waals surface area contributed by atoms with Crippen molar-refractivity contribution in [2.75, 3.05) is 12.4 Å². The number of oxazole rings is 1. The molecule has 15 heteroatoms. The molecule has 0 aliphatic carbocycles. The number of amides is 2. The zero-order chi connectivity index (χ0) is 30.8. The Balaban J connectivity index is 1.63. The van der Waals surface area contributed by atoms with E-state index in [1.165, 1.54) is 63.4 Å². The number of ether oxygens (including phenoxy) is 2. The Hall–Kier alpha value is -4.79. The van der Waals surface area contributed by atoms with E-state index in [1.54, 1.807) is 0 Å². The molecule has 222 valence electrons. The number of nitrogens with two attached hydrogens (primary N) is 1. The first-order valence-corrected chi connectivity index (χ1v) is 12.3. The Kier molecular flexibility index (Phi) is 8.61. The highest BCUT2D eigenvalue weighted by Crippen LogP contribution is 2.37. The van der Waals surface area contributed by atoms with Gasteiger partial charge in [-0.25, -0.2) is 9.97 Å². The van der Waals surface area contributed by atoms with E-state index in [9.17, 15) is 31.5 Å². The van der Waals surface area contributed by atoms with Crippen LogP contribution in [0.4, 0.5) is 27.6 Å². The highest BCUT2D eigenvalue weighted by molar-refractivity contribution is 6.02. The molecule has 0 fully saturated rings. The van der Waals surface area contributed by atoms with Crippen LogP contribution in [0.5, 0.6) is 11.5 Å². The normalized spacial score (nSPS) is 13.1. The van der Waals surface area contributed by atoms with Crippen LogP contribution in [0.25, 0.3) is 22.4 Å². The van der Waals surface area contributed by atoms with Crippen LogP contribution in [0.3, 0.4) is 0 Å². The first-order valence-electron chi connectivity index (χ1n) is 12.3. The summed E-state index contributed by atoms with van der Waals surface area (Å²) in [5.41, 5.74) is 4.63. The van der Waals surface area contributed by atoms with Crippen LogP contribution in [-0.4, -0.2) is 41.5 Å². The van der Waals surface area contributed by atoms with Gasteiger partial charge in [-0.1, -0.05) is 12.1 Å². The fourth-order valence-electron chi connectivity index (χ4n) is 3.96. The van der Waals surface area contributed by atoms with E-state index in [0.717, 1.165) is 6.07 Å². The number of carbonyl (C=O) groups is 2. The van der Waals surface area contributed by atoms with Crippen molar-refractivity contribution >= 4 is 28.4 Å². The summed E-state index contributed by atoms with van der Waals surface area (Å²) in [5.74, 6) is -2.02. The van der Waals surface area contributed by atoms with Gasteiger partial charge in [0.05, 0.1) is 18.8 Å². The number of rotatable bonds is 9. The number of hydrogen-bond acceptors (Lipinski definition) is 8. The van der Waals surface area contributed by atoms with Crippen molar-refractivity contribution in [1.82, 2.24) is 15.3 Å². The van der Waals surface area contributed by atoms with Crippen LogP contribution in [0, 0.1) is 0 Å². The first kappa shape index (κ1) is 30.2. The van der Waals surface area contributed by atoms with Gasteiger partial charge in [0.1, 0.15) is 28.8 Å².